The van der Waals surface area contributed by atoms with Gasteiger partial charge in [-0.2, -0.15) is 21.0 Å². The molecule has 0 aromatic carbocycles. The van der Waals surface area contributed by atoms with Gasteiger partial charge < -0.3 is 9.30 Å². The van der Waals surface area contributed by atoms with Gasteiger partial charge in [0, 0.05) is 50.8 Å². The first kappa shape index (κ1) is 23.4. The first-order chi connectivity index (χ1) is 17.6. The number of aryl methyl sites for hydroxylation is 1. The van der Waals surface area contributed by atoms with Crippen molar-refractivity contribution < 1.29 is 4.74 Å². The Hall–Kier alpha value is -4.34. The molecule has 2 atom stereocenters. The number of aromatic nitrogens is 1. The van der Waals surface area contributed by atoms with E-state index >= 15 is 0 Å². The minimum atomic E-state index is -0.0163. The second-order valence-corrected chi connectivity index (χ2v) is 10.6. The zero-order valence-corrected chi connectivity index (χ0v) is 21.0. The smallest absolute Gasteiger partial charge is 0.133 e. The summed E-state index contributed by atoms with van der Waals surface area (Å²) in [6.07, 6.45) is 11.1. The molecular formula is C28H19N5OS2. The molecule has 0 amide bonds. The summed E-state index contributed by atoms with van der Waals surface area (Å²) >= 11 is 3.34. The average Bonchev–Trinajstić information content (AvgIpc) is 3.69. The number of hydrogen-bond donors (Lipinski definition) is 0. The van der Waals surface area contributed by atoms with Gasteiger partial charge in [0.1, 0.15) is 47.3 Å². The van der Waals surface area contributed by atoms with Crippen molar-refractivity contribution in [2.24, 2.45) is 5.92 Å². The van der Waals surface area contributed by atoms with E-state index in [0.29, 0.717) is 5.76 Å². The third kappa shape index (κ3) is 4.15. The van der Waals surface area contributed by atoms with Gasteiger partial charge in [0.15, 0.2) is 0 Å². The number of thiophene rings is 2. The van der Waals surface area contributed by atoms with Crippen molar-refractivity contribution in [1.82, 2.24) is 4.57 Å². The molecule has 4 heterocycles. The van der Waals surface area contributed by atoms with Crippen molar-refractivity contribution in [2.45, 2.75) is 32.4 Å². The number of nitriles is 4. The summed E-state index contributed by atoms with van der Waals surface area (Å²) in [5.41, 5.74) is 3.93. The summed E-state index contributed by atoms with van der Waals surface area (Å²) in [7, 11) is 0. The first-order valence-corrected chi connectivity index (χ1v) is 13.1. The third-order valence-electron chi connectivity index (χ3n) is 6.38. The fourth-order valence-electron chi connectivity index (χ4n) is 4.72. The van der Waals surface area contributed by atoms with Crippen molar-refractivity contribution in [2.75, 3.05) is 0 Å². The minimum absolute atomic E-state index is 0.0163. The van der Waals surface area contributed by atoms with E-state index in [1.807, 2.05) is 42.5 Å². The molecule has 1 aliphatic carbocycles. The molecule has 0 saturated heterocycles. The number of allylic oxidation sites excluding steroid dienone is 3. The Kier molecular flexibility index (Phi) is 6.32. The molecule has 0 spiro atoms. The molecular weight excluding hydrogens is 486 g/mol. The first-order valence-electron chi connectivity index (χ1n) is 11.4. The lowest BCUT2D eigenvalue weighted by molar-refractivity contribution is 0.112. The summed E-state index contributed by atoms with van der Waals surface area (Å²) in [4.78, 5) is 3.18. The van der Waals surface area contributed by atoms with E-state index in [1.54, 1.807) is 28.7 Å². The molecule has 36 heavy (non-hydrogen) atoms. The third-order valence-corrected chi connectivity index (χ3v) is 8.77. The molecule has 0 N–H and O–H groups in total. The summed E-state index contributed by atoms with van der Waals surface area (Å²) in [5, 5.41) is 36.1. The highest BCUT2D eigenvalue weighted by Crippen LogP contribution is 2.44. The van der Waals surface area contributed by atoms with Gasteiger partial charge in [-0.3, -0.25) is 0 Å². The second kappa shape index (κ2) is 9.73. The van der Waals surface area contributed by atoms with Gasteiger partial charge in [-0.05, 0) is 43.7 Å². The van der Waals surface area contributed by atoms with Gasteiger partial charge in [0.25, 0.3) is 0 Å². The largest absolute Gasteiger partial charge is 0.490 e. The van der Waals surface area contributed by atoms with Crippen molar-refractivity contribution in [3.8, 4) is 34.0 Å². The molecule has 1 aliphatic heterocycles. The van der Waals surface area contributed by atoms with Crippen LogP contribution in [0.2, 0.25) is 0 Å². The van der Waals surface area contributed by atoms with Gasteiger partial charge in [-0.25, -0.2) is 0 Å². The van der Waals surface area contributed by atoms with E-state index in [1.165, 1.54) is 32.4 Å². The maximum absolute atomic E-state index is 9.03. The summed E-state index contributed by atoms with van der Waals surface area (Å²) in [6, 6.07) is 13.8. The van der Waals surface area contributed by atoms with E-state index in [0.717, 1.165) is 29.1 Å². The topological polar surface area (TPSA) is 109 Å². The molecule has 2 aliphatic rings. The van der Waals surface area contributed by atoms with Crippen LogP contribution in [0.3, 0.4) is 0 Å². The number of fused-ring (bicyclic) bond motifs is 3. The van der Waals surface area contributed by atoms with Gasteiger partial charge in [-0.15, -0.1) is 22.7 Å². The maximum atomic E-state index is 9.03. The molecule has 8 heteroatoms. The van der Waals surface area contributed by atoms with Gasteiger partial charge >= 0.3 is 0 Å². The molecule has 2 unspecified atom stereocenters. The average molecular weight is 506 g/mol. The van der Waals surface area contributed by atoms with Gasteiger partial charge in [0.05, 0.1) is 10.2 Å². The Morgan fingerprint density at radius 3 is 2.53 bits per heavy atom. The summed E-state index contributed by atoms with van der Waals surface area (Å²) in [5.74, 6) is 0.803. The Morgan fingerprint density at radius 1 is 1.06 bits per heavy atom. The lowest BCUT2D eigenvalue weighted by atomic mass is 9.89. The number of ether oxygens (including phenoxy) is 1. The molecule has 5 rings (SSSR count). The molecule has 0 bridgehead atoms. The molecule has 174 valence electrons. The monoisotopic (exact) mass is 505 g/mol. The Morgan fingerprint density at radius 2 is 1.81 bits per heavy atom. The van der Waals surface area contributed by atoms with E-state index < -0.39 is 0 Å². The van der Waals surface area contributed by atoms with Crippen LogP contribution < -0.4 is 0 Å². The lowest BCUT2D eigenvalue weighted by Crippen LogP contribution is -2.23. The fourth-order valence-corrected chi connectivity index (χ4v) is 6.96. The van der Waals surface area contributed by atoms with Gasteiger partial charge in [0.2, 0.25) is 0 Å². The fraction of sp³-hybridized carbons (Fsp3) is 0.214. The molecule has 0 fully saturated rings. The molecule has 3 aromatic rings. The lowest BCUT2D eigenvalue weighted by Gasteiger charge is -2.25. The Labute approximate surface area is 216 Å². The highest BCUT2D eigenvalue weighted by atomic mass is 32.1. The van der Waals surface area contributed by atoms with Crippen molar-refractivity contribution in [3.63, 3.8) is 0 Å². The van der Waals surface area contributed by atoms with Crippen LogP contribution in [-0.2, 0) is 17.7 Å². The summed E-state index contributed by atoms with van der Waals surface area (Å²) in [6.45, 7) is 3.02. The van der Waals surface area contributed by atoms with E-state index in [2.05, 4.69) is 29.7 Å². The molecule has 6 nitrogen and oxygen atoms in total. The molecule has 3 aromatic heterocycles. The predicted octanol–water partition coefficient (Wildman–Crippen LogP) is 6.71. The van der Waals surface area contributed by atoms with Crippen LogP contribution in [0.4, 0.5) is 0 Å². The Balaban J connectivity index is 1.41. The number of rotatable bonds is 5. The van der Waals surface area contributed by atoms with E-state index in [-0.39, 0.29) is 23.2 Å². The molecule has 0 radical (unpaired) electrons. The number of nitrogens with zero attached hydrogens (tertiary/aromatic N) is 5. The van der Waals surface area contributed by atoms with Crippen molar-refractivity contribution in [3.05, 3.63) is 69.5 Å². The SMILES string of the molecule is CCn1c2c(c3sc(-c4ccc(C=C(C#N)C#N)s4)cc31)C=CC(C1CC=C(C=C(C#N)C#N)O1)C2. The van der Waals surface area contributed by atoms with E-state index in [9.17, 15) is 0 Å². The highest BCUT2D eigenvalue weighted by Gasteiger charge is 2.31. The maximum Gasteiger partial charge on any atom is 0.133 e. The van der Waals surface area contributed by atoms with Crippen LogP contribution in [0.25, 0.3) is 32.1 Å². The highest BCUT2D eigenvalue weighted by molar-refractivity contribution is 7.26. The van der Waals surface area contributed by atoms with Crippen molar-refractivity contribution >= 4 is 45.0 Å². The van der Waals surface area contributed by atoms with E-state index in [4.69, 9.17) is 25.8 Å². The Bertz CT molecular complexity index is 1630. The second-order valence-electron chi connectivity index (χ2n) is 8.42. The zero-order valence-electron chi connectivity index (χ0n) is 19.4. The number of hydrogen-bond acceptors (Lipinski definition) is 7. The quantitative estimate of drug-likeness (QED) is 0.358. The predicted molar refractivity (Wildman–Crippen MR) is 141 cm³/mol. The van der Waals surface area contributed by atoms with Gasteiger partial charge in [-0.1, -0.05) is 12.2 Å². The van der Waals surface area contributed by atoms with Crippen LogP contribution in [0.15, 0.2) is 53.3 Å². The minimum Gasteiger partial charge on any atom is -0.490 e. The zero-order chi connectivity index (χ0) is 25.2. The standard InChI is InChI=1S/C28H19N5OS2/c1-2-33-23-11-19(25-7-4-20(34-25)9-17(13-29)14-30)3-6-22(23)28-24(33)12-27(36-28)26-8-5-21(35-26)10-18(15-31)16-32/h3-6,8-10,12,19,25H,2,7,11H2,1H3. The van der Waals surface area contributed by atoms with Crippen LogP contribution in [0.1, 0.15) is 29.5 Å². The van der Waals surface area contributed by atoms with Crippen molar-refractivity contribution in [1.29, 1.82) is 21.0 Å². The van der Waals surface area contributed by atoms with Crippen LogP contribution in [0, 0.1) is 51.2 Å². The molecule has 0 saturated carbocycles. The summed E-state index contributed by atoms with van der Waals surface area (Å²) < 4.78 is 9.73. The van der Waals surface area contributed by atoms with Crippen LogP contribution >= 0.6 is 22.7 Å². The normalized spacial score (nSPS) is 17.6. The van der Waals surface area contributed by atoms with Crippen LogP contribution in [-0.4, -0.2) is 10.7 Å². The van der Waals surface area contributed by atoms with Crippen LogP contribution in [0.5, 0.6) is 0 Å².